The van der Waals surface area contributed by atoms with Gasteiger partial charge in [0.1, 0.15) is 5.82 Å². The highest BCUT2D eigenvalue weighted by molar-refractivity contribution is 7.85. The molecule has 43 heavy (non-hydrogen) atoms. The summed E-state index contributed by atoms with van der Waals surface area (Å²) in [5.74, 6) is 2.59. The first-order valence-corrected chi connectivity index (χ1v) is 16.1. The second-order valence-electron chi connectivity index (χ2n) is 12.2. The highest BCUT2D eigenvalue weighted by Crippen LogP contribution is 2.34. The molecule has 2 amide bonds. The largest absolute Gasteiger partial charge is 0.324 e. The van der Waals surface area contributed by atoms with E-state index in [2.05, 4.69) is 54.6 Å². The SMILES string of the molecule is Cc1ccc(-n2nc(C(C)(C)C)cc2NC(=O)Nc2ccc(-c3ccc(CC4CCS(=O)C4)nc3)c3ccccc23)cn1. The van der Waals surface area contributed by atoms with Crippen molar-refractivity contribution < 1.29 is 9.00 Å². The van der Waals surface area contributed by atoms with Gasteiger partial charge in [-0.2, -0.15) is 5.10 Å². The Bertz CT molecular complexity index is 1810. The zero-order valence-electron chi connectivity index (χ0n) is 24.9. The smallest absolute Gasteiger partial charge is 0.307 e. The van der Waals surface area contributed by atoms with E-state index in [0.717, 1.165) is 69.0 Å². The normalized spacial score (nSPS) is 16.8. The first kappa shape index (κ1) is 28.7. The van der Waals surface area contributed by atoms with E-state index in [-0.39, 0.29) is 11.4 Å². The minimum atomic E-state index is -0.678. The van der Waals surface area contributed by atoms with Crippen LogP contribution in [0.1, 0.15) is 44.3 Å². The van der Waals surface area contributed by atoms with Crippen LogP contribution in [0.2, 0.25) is 0 Å². The number of nitrogens with zero attached hydrogens (tertiary/aromatic N) is 4. The number of carbonyl (C=O) groups is 1. The molecular formula is C34H36N6O2S. The van der Waals surface area contributed by atoms with Crippen LogP contribution in [0.25, 0.3) is 27.6 Å². The van der Waals surface area contributed by atoms with Crippen LogP contribution in [0.15, 0.2) is 79.1 Å². The van der Waals surface area contributed by atoms with Crippen molar-refractivity contribution in [3.63, 3.8) is 0 Å². The molecular weight excluding hydrogens is 556 g/mol. The van der Waals surface area contributed by atoms with Crippen molar-refractivity contribution in [3.8, 4) is 16.8 Å². The molecule has 1 saturated heterocycles. The van der Waals surface area contributed by atoms with Crippen LogP contribution in [-0.4, -0.2) is 41.5 Å². The van der Waals surface area contributed by atoms with Gasteiger partial charge >= 0.3 is 6.03 Å². The minimum Gasteiger partial charge on any atom is -0.307 e. The molecule has 5 aromatic rings. The molecule has 2 aromatic carbocycles. The second kappa shape index (κ2) is 11.7. The molecule has 4 heterocycles. The molecule has 6 rings (SSSR count). The lowest BCUT2D eigenvalue weighted by molar-refractivity contribution is 0.262. The van der Waals surface area contributed by atoms with Gasteiger partial charge in [0, 0.05) is 62.3 Å². The van der Waals surface area contributed by atoms with Gasteiger partial charge in [-0.1, -0.05) is 57.2 Å². The van der Waals surface area contributed by atoms with Crippen molar-refractivity contribution in [2.24, 2.45) is 5.92 Å². The lowest BCUT2D eigenvalue weighted by Crippen LogP contribution is -2.21. The number of anilines is 2. The number of rotatable bonds is 6. The number of pyridine rings is 2. The van der Waals surface area contributed by atoms with Crippen molar-refractivity contribution in [3.05, 3.63) is 96.2 Å². The number of fused-ring (bicyclic) bond motifs is 1. The van der Waals surface area contributed by atoms with Gasteiger partial charge in [-0.3, -0.25) is 19.5 Å². The van der Waals surface area contributed by atoms with E-state index < -0.39 is 10.8 Å². The fourth-order valence-electron chi connectivity index (χ4n) is 5.44. The fraction of sp³-hybridized carbons (Fsp3) is 0.294. The standard InChI is InChI=1S/C34H36N6O2S/c1-22-9-12-26(20-35-22)40-32(18-31(39-40)34(2,3)4)38-33(41)37-30-14-13-27(28-7-5-6-8-29(28)30)24-10-11-25(36-19-24)17-23-15-16-43(42)21-23/h5-14,18-20,23H,15-17,21H2,1-4H3,(H2,37,38,41). The zero-order chi connectivity index (χ0) is 30.1. The average molecular weight is 593 g/mol. The molecule has 2 atom stereocenters. The summed E-state index contributed by atoms with van der Waals surface area (Å²) in [4.78, 5) is 22.5. The highest BCUT2D eigenvalue weighted by Gasteiger charge is 2.23. The van der Waals surface area contributed by atoms with E-state index in [1.54, 1.807) is 10.9 Å². The van der Waals surface area contributed by atoms with Crippen LogP contribution < -0.4 is 10.6 Å². The lowest BCUT2D eigenvalue weighted by Gasteiger charge is -2.14. The maximum absolute atomic E-state index is 13.4. The predicted octanol–water partition coefficient (Wildman–Crippen LogP) is 7.04. The molecule has 1 aliphatic rings. The number of hydrogen-bond acceptors (Lipinski definition) is 5. The van der Waals surface area contributed by atoms with E-state index >= 15 is 0 Å². The third kappa shape index (κ3) is 6.37. The molecule has 0 spiro atoms. The molecule has 2 unspecified atom stereocenters. The maximum atomic E-state index is 13.4. The summed E-state index contributed by atoms with van der Waals surface area (Å²) in [5.41, 5.74) is 6.12. The summed E-state index contributed by atoms with van der Waals surface area (Å²) in [5, 5.41) is 12.8. The van der Waals surface area contributed by atoms with E-state index in [1.807, 2.05) is 61.7 Å². The number of hydrogen-bond donors (Lipinski definition) is 2. The maximum Gasteiger partial charge on any atom is 0.324 e. The van der Waals surface area contributed by atoms with Crippen LogP contribution in [0.5, 0.6) is 0 Å². The number of nitrogens with one attached hydrogen (secondary N) is 2. The molecule has 220 valence electrons. The third-order valence-corrected chi connectivity index (χ3v) is 9.38. The molecule has 1 aliphatic heterocycles. The number of benzene rings is 2. The number of aromatic nitrogens is 4. The first-order chi connectivity index (χ1) is 20.6. The Hall–Kier alpha value is -4.37. The Balaban J connectivity index is 1.24. The Morgan fingerprint density at radius 3 is 2.47 bits per heavy atom. The van der Waals surface area contributed by atoms with Gasteiger partial charge in [0.05, 0.1) is 23.3 Å². The van der Waals surface area contributed by atoms with Crippen molar-refractivity contribution in [2.45, 2.75) is 46.0 Å². The van der Waals surface area contributed by atoms with E-state index in [1.165, 1.54) is 0 Å². The Morgan fingerprint density at radius 2 is 1.79 bits per heavy atom. The van der Waals surface area contributed by atoms with Gasteiger partial charge in [-0.05, 0) is 60.9 Å². The molecule has 1 fully saturated rings. The quantitative estimate of drug-likeness (QED) is 0.220. The van der Waals surface area contributed by atoms with Gasteiger partial charge in [-0.15, -0.1) is 0 Å². The molecule has 0 aliphatic carbocycles. The molecule has 9 heteroatoms. The highest BCUT2D eigenvalue weighted by atomic mass is 32.2. The third-order valence-electron chi connectivity index (χ3n) is 7.84. The first-order valence-electron chi connectivity index (χ1n) is 14.6. The van der Waals surface area contributed by atoms with E-state index in [0.29, 0.717) is 17.4 Å². The number of urea groups is 1. The van der Waals surface area contributed by atoms with Crippen molar-refractivity contribution in [1.82, 2.24) is 19.7 Å². The van der Waals surface area contributed by atoms with Crippen molar-refractivity contribution in [1.29, 1.82) is 0 Å². The Labute approximate surface area is 254 Å². The Morgan fingerprint density at radius 1 is 0.977 bits per heavy atom. The summed E-state index contributed by atoms with van der Waals surface area (Å²) < 4.78 is 13.5. The lowest BCUT2D eigenvalue weighted by atomic mass is 9.92. The van der Waals surface area contributed by atoms with Gasteiger partial charge in [0.2, 0.25) is 0 Å². The number of carbonyl (C=O) groups excluding carboxylic acids is 1. The zero-order valence-corrected chi connectivity index (χ0v) is 25.7. The van der Waals surface area contributed by atoms with Gasteiger partial charge in [0.25, 0.3) is 0 Å². The van der Waals surface area contributed by atoms with Gasteiger partial charge in [0.15, 0.2) is 0 Å². The summed E-state index contributed by atoms with van der Waals surface area (Å²) in [6.07, 6.45) is 5.53. The van der Waals surface area contributed by atoms with Crippen LogP contribution >= 0.6 is 0 Å². The average Bonchev–Trinajstić information content (AvgIpc) is 3.60. The molecule has 0 bridgehead atoms. The topological polar surface area (TPSA) is 102 Å². The molecule has 2 N–H and O–H groups in total. The molecule has 0 radical (unpaired) electrons. The van der Waals surface area contributed by atoms with Crippen LogP contribution in [-0.2, 0) is 22.6 Å². The van der Waals surface area contributed by atoms with Crippen LogP contribution in [0, 0.1) is 12.8 Å². The van der Waals surface area contributed by atoms with Gasteiger partial charge < -0.3 is 5.32 Å². The second-order valence-corrected chi connectivity index (χ2v) is 13.8. The van der Waals surface area contributed by atoms with E-state index in [4.69, 9.17) is 10.1 Å². The molecule has 8 nitrogen and oxygen atoms in total. The van der Waals surface area contributed by atoms with E-state index in [9.17, 15) is 9.00 Å². The molecule has 0 saturated carbocycles. The number of amides is 2. The fourth-order valence-corrected chi connectivity index (χ4v) is 7.01. The van der Waals surface area contributed by atoms with Crippen LogP contribution in [0.4, 0.5) is 16.3 Å². The molecule has 3 aromatic heterocycles. The summed E-state index contributed by atoms with van der Waals surface area (Å²) in [6.45, 7) is 8.20. The Kier molecular flexibility index (Phi) is 7.83. The monoisotopic (exact) mass is 592 g/mol. The van der Waals surface area contributed by atoms with Crippen molar-refractivity contribution in [2.75, 3.05) is 22.1 Å². The number of aryl methyl sites for hydroxylation is 1. The summed E-state index contributed by atoms with van der Waals surface area (Å²) in [6, 6.07) is 21.6. The van der Waals surface area contributed by atoms with Crippen molar-refractivity contribution >= 4 is 39.1 Å². The summed E-state index contributed by atoms with van der Waals surface area (Å²) >= 11 is 0. The predicted molar refractivity (Wildman–Crippen MR) is 174 cm³/mol. The summed E-state index contributed by atoms with van der Waals surface area (Å²) in [7, 11) is -0.678. The van der Waals surface area contributed by atoms with Gasteiger partial charge in [-0.25, -0.2) is 9.48 Å². The van der Waals surface area contributed by atoms with Crippen LogP contribution in [0.3, 0.4) is 0 Å². The minimum absolute atomic E-state index is 0.202.